The molecule has 7 aliphatic rings. The van der Waals surface area contributed by atoms with Gasteiger partial charge in [-0.3, -0.25) is 62.2 Å². The van der Waals surface area contributed by atoms with Crippen molar-refractivity contribution in [2.75, 3.05) is 18.9 Å². The first kappa shape index (κ1) is 84.8. The second-order valence-corrected chi connectivity index (χ2v) is 32.5. The fourth-order valence-corrected chi connectivity index (χ4v) is 18.5. The Morgan fingerprint density at radius 2 is 1.33 bits per heavy atom. The van der Waals surface area contributed by atoms with Crippen LogP contribution in [0.5, 0.6) is 0 Å². The Morgan fingerprint density at radius 3 is 1.93 bits per heavy atom. The predicted octanol–water partition coefficient (Wildman–Crippen LogP) is 2.81. The summed E-state index contributed by atoms with van der Waals surface area (Å²) in [5.41, 5.74) is 43.3. The minimum absolute atomic E-state index is 0. The zero-order valence-corrected chi connectivity index (χ0v) is 64.8. The summed E-state index contributed by atoms with van der Waals surface area (Å²) in [6.07, 6.45) is -5.38. The fraction of sp³-hybridized carbons (Fsp3) is 0.597. The third-order valence-corrected chi connectivity index (χ3v) is 24.6. The first-order valence-electron chi connectivity index (χ1n) is 35.9. The maximum absolute atomic E-state index is 14.4. The van der Waals surface area contributed by atoms with Crippen LogP contribution in [0.15, 0.2) is 80.4 Å². The number of nitrogen functional groups attached to an aromatic ring is 1. The molecule has 37 heteroatoms. The van der Waals surface area contributed by atoms with Gasteiger partial charge in [0.25, 0.3) is 0 Å². The fourth-order valence-electron chi connectivity index (χ4n) is 17.4. The van der Waals surface area contributed by atoms with Crippen LogP contribution in [0, 0.1) is 66.1 Å². The van der Waals surface area contributed by atoms with Crippen molar-refractivity contribution >= 4 is 94.3 Å². The number of nitrogens with two attached hydrogens (primary N) is 7. The number of aliphatic imine (C=N–C) groups is 3. The van der Waals surface area contributed by atoms with E-state index in [2.05, 4.69) is 32.2 Å². The number of nitrogens with one attached hydrogen (secondary N) is 1. The molecule has 8 bridgehead atoms. The quantitative estimate of drug-likeness (QED) is 0.0301. The van der Waals surface area contributed by atoms with E-state index in [1.165, 1.54) is 30.5 Å². The summed E-state index contributed by atoms with van der Waals surface area (Å²) >= 11 is 0. The number of carbonyl (C=O) groups excluding carboxylic acids is 7. The molecule has 3 saturated heterocycles. The number of hydrogen-bond donors (Lipinski definition) is 13. The summed E-state index contributed by atoms with van der Waals surface area (Å²) in [4.78, 5) is 137. The largest absolute Gasteiger partial charge is 2.00 e. The average Bonchev–Trinajstić information content (AvgIpc) is 1.53. The Labute approximate surface area is 640 Å². The number of carbonyl (C=O) groups is 7. The number of primary amides is 6. The molecule has 109 heavy (non-hydrogen) atoms. The Morgan fingerprint density at radius 1 is 0.725 bits per heavy atom. The van der Waals surface area contributed by atoms with Crippen molar-refractivity contribution in [3.05, 3.63) is 88.8 Å². The Bertz CT molecular complexity index is 4520. The number of aryl methyl sites for hydroxylation is 2. The minimum atomic E-state index is -5.07. The second-order valence-electron chi connectivity index (χ2n) is 31.1. The van der Waals surface area contributed by atoms with Crippen LogP contribution in [-0.2, 0) is 73.4 Å². The van der Waals surface area contributed by atoms with Crippen LogP contribution >= 0.6 is 7.82 Å². The SMILES string of the molecule is C/C1=C2/[N-][C@H]([C@H](CC(N)=O)[C@@]2(C)CCC(=O)NC[C@@H](C)OP(=O)(O)O[C@H]2[C@@H](O)[C@@H](n3cnc4cc(C)c(C)cc43)O[C@@H]2CO)[C@]2(C)N=C(/C(C)=C3N=C(/C=C4N=C1[C@@H](CCC(N)=O)C\4(C)C)[C@@H](CCC(N)=O)[C@]\3(C)CC(N)=O)[C@@H](CCC(N)=O)[C@]2(C)CC(N)=O.[CH2-][C@H]1O[C@H](n2cnc3c(N)ncnc32)[C@@H](O)[C@H]1O.[Co+2]. The Hall–Kier alpha value is -8.26. The second kappa shape index (κ2) is 32.2. The van der Waals surface area contributed by atoms with Crippen molar-refractivity contribution in [2.45, 2.75) is 214 Å². The van der Waals surface area contributed by atoms with Crippen molar-refractivity contribution in [2.24, 2.45) is 94.7 Å². The van der Waals surface area contributed by atoms with E-state index in [1.807, 2.05) is 80.5 Å². The van der Waals surface area contributed by atoms with Gasteiger partial charge in [-0.1, -0.05) is 40.7 Å². The summed E-state index contributed by atoms with van der Waals surface area (Å²) in [7, 11) is -5.07. The van der Waals surface area contributed by atoms with Crippen LogP contribution < -0.4 is 45.5 Å². The number of rotatable bonds is 27. The molecule has 0 saturated carbocycles. The summed E-state index contributed by atoms with van der Waals surface area (Å²) in [5.74, 6) is -7.09. The van der Waals surface area contributed by atoms with Gasteiger partial charge in [-0.2, -0.15) is 5.70 Å². The molecule has 19 atom stereocenters. The van der Waals surface area contributed by atoms with Crippen molar-refractivity contribution in [1.29, 1.82) is 0 Å². The smallest absolute Gasteiger partial charge is 0.682 e. The molecule has 1 aromatic carbocycles. The van der Waals surface area contributed by atoms with Gasteiger partial charge in [-0.15, -0.1) is 0 Å². The van der Waals surface area contributed by atoms with Crippen LogP contribution in [0.4, 0.5) is 5.82 Å². The molecule has 20 N–H and O–H groups in total. The van der Waals surface area contributed by atoms with E-state index in [9.17, 15) is 63.4 Å². The third-order valence-electron chi connectivity index (χ3n) is 23.5. The summed E-state index contributed by atoms with van der Waals surface area (Å²) in [5, 5.41) is 49.7. The molecule has 595 valence electrons. The van der Waals surface area contributed by atoms with Gasteiger partial charge in [0.15, 0.2) is 23.9 Å². The molecule has 0 aliphatic carbocycles. The molecular weight excluding hydrogens is 1480 g/mol. The number of fused-ring (bicyclic) bond motifs is 8. The van der Waals surface area contributed by atoms with E-state index in [0.717, 1.165) is 11.1 Å². The van der Waals surface area contributed by atoms with Crippen LogP contribution in [0.3, 0.4) is 0 Å². The summed E-state index contributed by atoms with van der Waals surface area (Å²) in [6, 6.07) is 2.68. The van der Waals surface area contributed by atoms with Gasteiger partial charge in [0.2, 0.25) is 41.4 Å². The van der Waals surface area contributed by atoms with E-state index in [4.69, 9.17) is 79.0 Å². The number of hydrogen-bond acceptors (Lipinski definition) is 24. The Balaban J connectivity index is 0.000000623. The van der Waals surface area contributed by atoms with Gasteiger partial charge >= 0.3 is 24.6 Å². The van der Waals surface area contributed by atoms with Gasteiger partial charge in [0.05, 0.1) is 53.7 Å². The first-order valence-corrected chi connectivity index (χ1v) is 37.4. The van der Waals surface area contributed by atoms with E-state index in [1.54, 1.807) is 11.5 Å². The van der Waals surface area contributed by atoms with Gasteiger partial charge in [0, 0.05) is 108 Å². The molecule has 1 unspecified atom stereocenters. The Kier molecular flexibility index (Phi) is 25.0. The normalized spacial score (nSPS) is 33.6. The maximum Gasteiger partial charge on any atom is 2.00 e. The average molecular weight is 1580 g/mol. The molecule has 4 aromatic rings. The van der Waals surface area contributed by atoms with E-state index >= 15 is 0 Å². The predicted molar refractivity (Wildman–Crippen MR) is 395 cm³/mol. The number of aromatic nitrogens is 6. The molecule has 0 spiro atoms. The number of amides is 7. The molecule has 7 amide bonds. The molecule has 7 aliphatic heterocycles. The van der Waals surface area contributed by atoms with Crippen LogP contribution in [0.25, 0.3) is 27.5 Å². The van der Waals surface area contributed by atoms with Gasteiger partial charge < -0.3 is 97.1 Å². The monoisotopic (exact) mass is 1580 g/mol. The van der Waals surface area contributed by atoms with Gasteiger partial charge in [-0.05, 0) is 125 Å². The number of allylic oxidation sites excluding steroid dienone is 6. The zero-order valence-electron chi connectivity index (χ0n) is 62.9. The number of aliphatic hydroxyl groups excluding tert-OH is 4. The molecule has 35 nitrogen and oxygen atoms in total. The molecule has 1 radical (unpaired) electrons. The number of aliphatic hydroxyl groups is 4. The number of benzene rings is 1. The molecular formula is C72H101CoN18O17P. The number of ether oxygens (including phenoxy) is 2. The van der Waals surface area contributed by atoms with Crippen LogP contribution in [0.2, 0.25) is 0 Å². The van der Waals surface area contributed by atoms with Crippen molar-refractivity contribution in [1.82, 2.24) is 34.4 Å². The molecule has 3 fully saturated rings. The van der Waals surface area contributed by atoms with E-state index in [0.29, 0.717) is 67.6 Å². The van der Waals surface area contributed by atoms with Gasteiger partial charge in [0.1, 0.15) is 36.3 Å². The molecule has 3 aromatic heterocycles. The minimum Gasteiger partial charge on any atom is -0.682 e. The van der Waals surface area contributed by atoms with Crippen molar-refractivity contribution in [3.8, 4) is 0 Å². The number of anilines is 1. The van der Waals surface area contributed by atoms with Gasteiger partial charge in [-0.25, -0.2) is 24.5 Å². The number of imidazole rings is 2. The number of phosphoric acid groups is 1. The number of phosphoric ester groups is 1. The summed E-state index contributed by atoms with van der Waals surface area (Å²) < 4.78 is 39.2. The summed E-state index contributed by atoms with van der Waals surface area (Å²) in [6.45, 7) is 22.7. The van der Waals surface area contributed by atoms with Crippen LogP contribution in [0.1, 0.15) is 157 Å². The number of nitrogens with zero attached hydrogens (tertiary/aromatic N) is 10. The van der Waals surface area contributed by atoms with Crippen molar-refractivity contribution < 1.29 is 98.7 Å². The topological polar surface area (TPSA) is 581 Å². The third kappa shape index (κ3) is 16.3. The van der Waals surface area contributed by atoms with Crippen LogP contribution in [-0.4, -0.2) is 180 Å². The molecule has 10 heterocycles. The van der Waals surface area contributed by atoms with E-state index in [-0.39, 0.29) is 99.8 Å². The zero-order chi connectivity index (χ0) is 79.6. The standard InChI is InChI=1S/C62H90N13O14P.C10H12N5O3.Co/c1-29-20-39-40(21-30(29)2)75(28-70-39)57-52(84)53(41(27-76)87-57)89-90(85,86)88-31(3)26-69-49(83)18-19-59(8)37(22-46(66)80)56-62(11)61(10,25-48(68)82)36(14-17-45(65)79)51(74-62)33(5)55-60(9,24-47(67)81)34(12-15-43(63)77)38(71-55)23-42-58(6,7)35(13-16-44(64)78)50(72-42)32(4)54(59)73-56;1-4-6(16)7(17)10(18-4)15-3-14-5-8(11)12-2-13-9(5)15;/h20-21,23,28,31,34-37,41,52-53,56-57,76,84H,12-19,22,24-27H2,1-11H3,(H15,63,64,65,66,67,68,69,71,72,73,74,77,78,79,80,81,82,83,85,86);2-4,6-7,10,16-17H,1H2,(H2,11,12,13);/q;-1;+2/p-1/t31-,34-,35-,36-,37+,41-,52-,53-,56-,57+,59-,60+,61+,62+;4-,6+,7+,10+;/m11./s1. The maximum atomic E-state index is 14.4. The first-order chi connectivity index (χ1) is 50.4. The van der Waals surface area contributed by atoms with Crippen molar-refractivity contribution in [3.63, 3.8) is 0 Å². The van der Waals surface area contributed by atoms with E-state index < -0.39 is 168 Å². The molecule has 11 rings (SSSR count).